The number of amides is 3. The third-order valence-corrected chi connectivity index (χ3v) is 13.1. The maximum atomic E-state index is 13.1. The average Bonchev–Trinajstić information content (AvgIpc) is 3.20. The molecule has 65 heavy (non-hydrogen) atoms. The van der Waals surface area contributed by atoms with Gasteiger partial charge in [0, 0.05) is 13.5 Å². The van der Waals surface area contributed by atoms with Crippen molar-refractivity contribution in [1.82, 2.24) is 5.32 Å². The van der Waals surface area contributed by atoms with Crippen LogP contribution >= 0.6 is 7.82 Å². The first-order valence-corrected chi connectivity index (χ1v) is 24.4. The van der Waals surface area contributed by atoms with Gasteiger partial charge in [0.05, 0.1) is 13.2 Å². The van der Waals surface area contributed by atoms with Crippen molar-refractivity contribution in [3.63, 3.8) is 0 Å². The molecule has 0 aromatic rings. The van der Waals surface area contributed by atoms with E-state index >= 15 is 0 Å². The Morgan fingerprint density at radius 1 is 0.785 bits per heavy atom. The van der Waals surface area contributed by atoms with Gasteiger partial charge >= 0.3 is 19.9 Å². The highest BCUT2D eigenvalue weighted by Crippen LogP contribution is 2.47. The van der Waals surface area contributed by atoms with E-state index in [9.17, 15) is 54.2 Å². The molecule has 3 amide bonds. The van der Waals surface area contributed by atoms with Crippen LogP contribution in [0.15, 0.2) is 0 Å². The van der Waals surface area contributed by atoms with Gasteiger partial charge in [-0.1, -0.05) is 106 Å². The zero-order chi connectivity index (χ0) is 49.2. The van der Waals surface area contributed by atoms with Crippen molar-refractivity contribution >= 4 is 31.7 Å². The summed E-state index contributed by atoms with van der Waals surface area (Å²) in [6.45, 7) is 15.2. The number of hydrogen-bond donors (Lipinski definition) is 9. The molecule has 2 saturated heterocycles. The number of unbranched alkanes of at least 4 members (excludes halogenated alkanes) is 1. The molecule has 11 N–H and O–H groups in total. The number of ether oxygens (including phenoxy) is 5. The Kier molecular flexibility index (Phi) is 25.3. The number of nitrogens with one attached hydrogen (secondary N) is 1. The van der Waals surface area contributed by atoms with E-state index in [1.807, 2.05) is 6.92 Å². The second-order valence-corrected chi connectivity index (χ2v) is 20.7. The summed E-state index contributed by atoms with van der Waals surface area (Å²) in [5.74, 6) is -1.19. The minimum absolute atomic E-state index is 0.00138. The van der Waals surface area contributed by atoms with Gasteiger partial charge in [0.2, 0.25) is 11.8 Å². The molecule has 2 aliphatic heterocycles. The van der Waals surface area contributed by atoms with E-state index in [0.29, 0.717) is 12.3 Å². The van der Waals surface area contributed by atoms with Crippen molar-refractivity contribution in [3.8, 4) is 0 Å². The van der Waals surface area contributed by atoms with Crippen molar-refractivity contribution in [2.45, 2.75) is 200 Å². The van der Waals surface area contributed by atoms with Gasteiger partial charge in [-0.15, -0.1) is 0 Å². The van der Waals surface area contributed by atoms with Crippen LogP contribution in [0.25, 0.3) is 0 Å². The van der Waals surface area contributed by atoms with Crippen molar-refractivity contribution < 1.29 is 86.9 Å². The summed E-state index contributed by atoms with van der Waals surface area (Å²) in [5.41, 5.74) is 10.9. The van der Waals surface area contributed by atoms with E-state index in [4.69, 9.17) is 44.2 Å². The third kappa shape index (κ3) is 21.1. The summed E-state index contributed by atoms with van der Waals surface area (Å²) in [4.78, 5) is 59.0. The number of hydrogen-bond acceptors (Lipinski definition) is 16. The fraction of sp³-hybridized carbons (Fsp3) is 0.907. The van der Waals surface area contributed by atoms with Gasteiger partial charge in [-0.2, -0.15) is 0 Å². The summed E-state index contributed by atoms with van der Waals surface area (Å²) < 4.78 is 50.0. The van der Waals surface area contributed by atoms with Crippen LogP contribution in [-0.4, -0.2) is 142 Å². The number of carbonyl (C=O) groups excluding carboxylic acids is 3. The lowest BCUT2D eigenvalue weighted by Crippen LogP contribution is -2.68. The number of nitrogens with two attached hydrogens (primary N) is 2. The summed E-state index contributed by atoms with van der Waals surface area (Å²) in [6.07, 6.45) is -7.61. The summed E-state index contributed by atoms with van der Waals surface area (Å²) in [5, 5.41) is 53.9. The Labute approximate surface area is 383 Å². The van der Waals surface area contributed by atoms with Crippen LogP contribution in [-0.2, 0) is 51.7 Å². The van der Waals surface area contributed by atoms with Crippen LogP contribution in [0.1, 0.15) is 132 Å². The van der Waals surface area contributed by atoms with E-state index in [0.717, 1.165) is 44.4 Å². The molecule has 2 rings (SSSR count). The number of carboxylic acid groups (broad SMARTS) is 1. The first-order chi connectivity index (χ1) is 30.3. The number of primary amides is 2. The van der Waals surface area contributed by atoms with Gasteiger partial charge in [0.1, 0.15) is 36.6 Å². The van der Waals surface area contributed by atoms with Crippen molar-refractivity contribution in [2.75, 3.05) is 19.8 Å². The largest absolute Gasteiger partial charge is 0.479 e. The normalized spacial score (nSPS) is 29.0. The van der Waals surface area contributed by atoms with Crippen LogP contribution < -0.4 is 16.8 Å². The highest BCUT2D eigenvalue weighted by Gasteiger charge is 2.56. The lowest BCUT2D eigenvalue weighted by Gasteiger charge is -2.47. The zero-order valence-corrected chi connectivity index (χ0v) is 40.3. The molecule has 0 aromatic heterocycles. The van der Waals surface area contributed by atoms with E-state index in [-0.39, 0.29) is 17.9 Å². The quantitative estimate of drug-likeness (QED) is 0.0356. The summed E-state index contributed by atoms with van der Waals surface area (Å²) in [7, 11) is -5.38. The molecule has 2 fully saturated rings. The van der Waals surface area contributed by atoms with Crippen LogP contribution in [0.5, 0.6) is 0 Å². The Hall–Kier alpha value is -2.53. The molecule has 22 heteroatoms. The molecule has 2 aliphatic rings. The van der Waals surface area contributed by atoms with Gasteiger partial charge in [-0.3, -0.25) is 18.6 Å². The first kappa shape index (κ1) is 58.6. The number of carbonyl (C=O) groups is 4. The minimum atomic E-state index is -5.38. The van der Waals surface area contributed by atoms with Gasteiger partial charge in [-0.25, -0.2) is 14.2 Å². The third-order valence-electron chi connectivity index (χ3n) is 12.2. The van der Waals surface area contributed by atoms with E-state index in [2.05, 4.69) is 46.9 Å². The summed E-state index contributed by atoms with van der Waals surface area (Å²) in [6, 6.07) is -1.59. The van der Waals surface area contributed by atoms with Gasteiger partial charge in [-0.05, 0) is 48.3 Å². The lowest BCUT2D eigenvalue weighted by molar-refractivity contribution is -0.330. The Bertz CT molecular complexity index is 1510. The number of carboxylic acids is 1. The fourth-order valence-corrected chi connectivity index (χ4v) is 8.78. The monoisotopic (exact) mass is 958 g/mol. The SMILES string of the molecule is CC(=O)N[C@H]1[C@H](O[C@H]2[C@H](OC(N)=O)[C@@H](O)[C@@H](OP(=O)(O)OC[C@@H](OCCC(C)CCCCC(C)(C)CCC(C)CCC(C)CCCC(C)C)C(=O)O)O[C@@H]2C(N)=O)O[C@H](CO)[C@@H](O)[C@@H]1O. The van der Waals surface area contributed by atoms with Crippen LogP contribution in [0, 0.1) is 29.1 Å². The van der Waals surface area contributed by atoms with Crippen molar-refractivity contribution in [1.29, 1.82) is 0 Å². The second kappa shape index (κ2) is 28.1. The topological polar surface area (TPSA) is 335 Å². The Morgan fingerprint density at radius 2 is 1.40 bits per heavy atom. The maximum Gasteiger partial charge on any atom is 0.474 e. The average molecular weight is 958 g/mol. The summed E-state index contributed by atoms with van der Waals surface area (Å²) >= 11 is 0. The molecule has 15 atom stereocenters. The second-order valence-electron chi connectivity index (χ2n) is 19.3. The van der Waals surface area contributed by atoms with E-state index in [1.165, 1.54) is 44.9 Å². The molecule has 2 heterocycles. The van der Waals surface area contributed by atoms with Gasteiger partial charge < -0.3 is 70.9 Å². The molecule has 0 radical (unpaired) electrons. The first-order valence-electron chi connectivity index (χ1n) is 22.9. The number of phosphoric acid groups is 1. The van der Waals surface area contributed by atoms with Gasteiger partial charge in [0.15, 0.2) is 30.9 Å². The molecule has 0 saturated carbocycles. The smallest absolute Gasteiger partial charge is 0.474 e. The van der Waals surface area contributed by atoms with Crippen LogP contribution in [0.4, 0.5) is 4.79 Å². The molecule has 0 aliphatic carbocycles. The number of rotatable bonds is 31. The molecule has 4 unspecified atom stereocenters. The van der Waals surface area contributed by atoms with E-state index in [1.54, 1.807) is 0 Å². The zero-order valence-electron chi connectivity index (χ0n) is 39.5. The molecule has 21 nitrogen and oxygen atoms in total. The Balaban J connectivity index is 1.92. The molecular formula is C43H80N3O18P. The molecule has 0 bridgehead atoms. The molecule has 0 spiro atoms. The number of aliphatic carboxylic acids is 1. The predicted molar refractivity (Wildman–Crippen MR) is 234 cm³/mol. The van der Waals surface area contributed by atoms with Crippen molar-refractivity contribution in [3.05, 3.63) is 0 Å². The molecule has 0 aromatic carbocycles. The van der Waals surface area contributed by atoms with Crippen molar-refractivity contribution in [2.24, 2.45) is 40.6 Å². The fourth-order valence-electron chi connectivity index (χ4n) is 7.96. The van der Waals surface area contributed by atoms with E-state index < -0.39 is 112 Å². The molecule has 380 valence electrons. The minimum Gasteiger partial charge on any atom is -0.479 e. The lowest BCUT2D eigenvalue weighted by atomic mass is 9.79. The van der Waals surface area contributed by atoms with Crippen LogP contribution in [0.2, 0.25) is 0 Å². The number of aliphatic hydroxyl groups excluding tert-OH is 4. The standard InChI is InChI=1S/C43H80N3O18P/c1-24(2)12-11-14-25(3)15-16-27(5)17-20-43(7,8)19-10-9-13-26(4)18-21-58-30(39(53)54)23-59-65(56,57)64-41-34(51)35(63-42(45)55)36(37(62-41)38(44)52)61-40-31(46-28(6)48)33(50)32(49)29(22-47)60-40/h24-27,29-37,40-41,47,49-51H,9-23H2,1-8H3,(H2,44,52)(H2,45,55)(H,46,48)(H,53,54)(H,56,57)/t25?,26?,27?,29-,30-,31-,32-,33-,34-,35-,36+,37+,40+,41-/m1/s1. The molecular weight excluding hydrogens is 877 g/mol. The number of phosphoric ester groups is 1. The van der Waals surface area contributed by atoms with Gasteiger partial charge in [0.25, 0.3) is 0 Å². The predicted octanol–water partition coefficient (Wildman–Crippen LogP) is 3.23. The Morgan fingerprint density at radius 3 is 1.97 bits per heavy atom. The van der Waals surface area contributed by atoms with Crippen LogP contribution in [0.3, 0.4) is 0 Å². The highest BCUT2D eigenvalue weighted by atomic mass is 31.2. The maximum absolute atomic E-state index is 13.1. The number of aliphatic hydroxyl groups is 4. The highest BCUT2D eigenvalue weighted by molar-refractivity contribution is 7.47.